The van der Waals surface area contributed by atoms with Crippen molar-refractivity contribution < 1.29 is 9.90 Å². The molecule has 0 unspecified atom stereocenters. The molecule has 0 aromatic heterocycles. The Kier molecular flexibility index (Phi) is 3.84. The Hall–Kier alpha value is -0.870. The molecule has 1 saturated carbocycles. The van der Waals surface area contributed by atoms with E-state index in [0.717, 1.165) is 22.5 Å². The Bertz CT molecular complexity index is 427. The minimum Gasteiger partial charge on any atom is -0.478 e. The minimum absolute atomic E-state index is 0.317. The predicted octanol–water partition coefficient (Wildman–Crippen LogP) is 3.04. The maximum atomic E-state index is 10.8. The number of aromatic carboxylic acids is 1. The molecule has 0 saturated heterocycles. The Balaban J connectivity index is 1.94. The molecule has 1 aromatic carbocycles. The van der Waals surface area contributed by atoms with Gasteiger partial charge < -0.3 is 10.4 Å². The van der Waals surface area contributed by atoms with Gasteiger partial charge in [0.25, 0.3) is 0 Å². The molecule has 1 aliphatic rings. The molecule has 0 amide bonds. The number of hydrogen-bond donors (Lipinski definition) is 2. The van der Waals surface area contributed by atoms with Crippen molar-refractivity contribution in [1.82, 2.24) is 5.32 Å². The Labute approximate surface area is 109 Å². The highest BCUT2D eigenvalue weighted by molar-refractivity contribution is 9.10. The molecule has 0 spiro atoms. The molecule has 1 fully saturated rings. The fourth-order valence-electron chi connectivity index (χ4n) is 2.15. The summed E-state index contributed by atoms with van der Waals surface area (Å²) >= 11 is 3.41. The summed E-state index contributed by atoms with van der Waals surface area (Å²) in [5.74, 6) is -0.0525. The van der Waals surface area contributed by atoms with Crippen molar-refractivity contribution in [1.29, 1.82) is 0 Å². The Morgan fingerprint density at radius 2 is 2.24 bits per heavy atom. The summed E-state index contributed by atoms with van der Waals surface area (Å²) in [6, 6.07) is 5.79. The molecule has 92 valence electrons. The van der Waals surface area contributed by atoms with Crippen LogP contribution in [0.1, 0.15) is 35.7 Å². The second kappa shape index (κ2) is 5.19. The number of hydrogen-bond acceptors (Lipinski definition) is 2. The molecule has 2 rings (SSSR count). The summed E-state index contributed by atoms with van der Waals surface area (Å²) in [6.45, 7) is 3.05. The van der Waals surface area contributed by atoms with E-state index in [1.54, 1.807) is 12.1 Å². The maximum absolute atomic E-state index is 10.8. The lowest BCUT2D eigenvalue weighted by Gasteiger charge is -2.33. The molecule has 1 aliphatic carbocycles. The number of halogens is 1. The van der Waals surface area contributed by atoms with Gasteiger partial charge in [-0.3, -0.25) is 0 Å². The van der Waals surface area contributed by atoms with Crippen molar-refractivity contribution in [3.63, 3.8) is 0 Å². The van der Waals surface area contributed by atoms with Gasteiger partial charge in [-0.05, 0) is 36.5 Å². The van der Waals surface area contributed by atoms with Gasteiger partial charge in [0.2, 0.25) is 0 Å². The third kappa shape index (κ3) is 3.07. The number of rotatable bonds is 4. The van der Waals surface area contributed by atoms with Crippen LogP contribution in [-0.4, -0.2) is 17.1 Å². The van der Waals surface area contributed by atoms with E-state index in [-0.39, 0.29) is 0 Å². The predicted molar refractivity (Wildman–Crippen MR) is 70.1 cm³/mol. The summed E-state index contributed by atoms with van der Waals surface area (Å²) in [6.07, 6.45) is 2.48. The summed E-state index contributed by atoms with van der Waals surface area (Å²) in [7, 11) is 0. The molecule has 0 aliphatic heterocycles. The highest BCUT2D eigenvalue weighted by atomic mass is 79.9. The van der Waals surface area contributed by atoms with E-state index < -0.39 is 5.97 Å². The lowest BCUT2D eigenvalue weighted by molar-refractivity contribution is 0.0697. The van der Waals surface area contributed by atoms with Crippen LogP contribution >= 0.6 is 15.9 Å². The van der Waals surface area contributed by atoms with Crippen LogP contribution < -0.4 is 5.32 Å². The second-order valence-corrected chi connectivity index (χ2v) is 5.62. The number of carboxylic acid groups (broad SMARTS) is 1. The Morgan fingerprint density at radius 1 is 1.53 bits per heavy atom. The van der Waals surface area contributed by atoms with Gasteiger partial charge in [0.1, 0.15) is 0 Å². The molecular formula is C13H16BrNO2. The zero-order valence-corrected chi connectivity index (χ0v) is 11.3. The first-order valence-corrected chi connectivity index (χ1v) is 6.60. The van der Waals surface area contributed by atoms with Crippen LogP contribution in [0, 0.1) is 5.92 Å². The van der Waals surface area contributed by atoms with E-state index in [9.17, 15) is 4.79 Å². The van der Waals surface area contributed by atoms with E-state index in [2.05, 4.69) is 28.2 Å². The molecule has 2 N–H and O–H groups in total. The zero-order chi connectivity index (χ0) is 12.4. The quantitative estimate of drug-likeness (QED) is 0.898. The van der Waals surface area contributed by atoms with Crippen molar-refractivity contribution in [3.05, 3.63) is 33.8 Å². The minimum atomic E-state index is -0.891. The molecule has 4 heteroatoms. The van der Waals surface area contributed by atoms with E-state index in [1.165, 1.54) is 12.8 Å². The fraction of sp³-hybridized carbons (Fsp3) is 0.462. The van der Waals surface area contributed by atoms with Crippen LogP contribution in [0.25, 0.3) is 0 Å². The van der Waals surface area contributed by atoms with Gasteiger partial charge in [0, 0.05) is 17.1 Å². The maximum Gasteiger partial charge on any atom is 0.335 e. The topological polar surface area (TPSA) is 49.3 Å². The lowest BCUT2D eigenvalue weighted by atomic mass is 9.82. The lowest BCUT2D eigenvalue weighted by Crippen LogP contribution is -2.39. The standard InChI is InChI=1S/C13H16BrNO2/c1-8-4-11(5-8)15-7-10-3-2-9(13(16)17)6-12(10)14/h2-3,6,8,11,15H,4-5,7H2,1H3,(H,16,17). The van der Waals surface area contributed by atoms with Crippen LogP contribution in [0.5, 0.6) is 0 Å². The van der Waals surface area contributed by atoms with E-state index in [1.807, 2.05) is 6.07 Å². The van der Waals surface area contributed by atoms with Gasteiger partial charge in [0.05, 0.1) is 5.56 Å². The van der Waals surface area contributed by atoms with Crippen LogP contribution in [0.2, 0.25) is 0 Å². The van der Waals surface area contributed by atoms with Crippen LogP contribution in [0.4, 0.5) is 0 Å². The van der Waals surface area contributed by atoms with Gasteiger partial charge in [-0.15, -0.1) is 0 Å². The summed E-state index contributed by atoms with van der Waals surface area (Å²) < 4.78 is 0.859. The first-order chi connectivity index (χ1) is 8.06. The molecular weight excluding hydrogens is 282 g/mol. The third-order valence-electron chi connectivity index (χ3n) is 3.25. The largest absolute Gasteiger partial charge is 0.478 e. The first-order valence-electron chi connectivity index (χ1n) is 5.81. The van der Waals surface area contributed by atoms with Crippen molar-refractivity contribution >= 4 is 21.9 Å². The van der Waals surface area contributed by atoms with Crippen LogP contribution in [0.15, 0.2) is 22.7 Å². The molecule has 0 atom stereocenters. The number of nitrogens with one attached hydrogen (secondary N) is 1. The fourth-order valence-corrected chi connectivity index (χ4v) is 2.67. The Morgan fingerprint density at radius 3 is 2.76 bits per heavy atom. The normalized spacial score (nSPS) is 23.2. The highest BCUT2D eigenvalue weighted by Crippen LogP contribution is 2.27. The van der Waals surface area contributed by atoms with E-state index >= 15 is 0 Å². The van der Waals surface area contributed by atoms with Gasteiger partial charge in [0.15, 0.2) is 0 Å². The monoisotopic (exact) mass is 297 g/mol. The molecule has 3 nitrogen and oxygen atoms in total. The molecule has 0 radical (unpaired) electrons. The van der Waals surface area contributed by atoms with Crippen LogP contribution in [-0.2, 0) is 6.54 Å². The second-order valence-electron chi connectivity index (χ2n) is 4.77. The van der Waals surface area contributed by atoms with E-state index in [0.29, 0.717) is 11.6 Å². The zero-order valence-electron chi connectivity index (χ0n) is 9.74. The van der Waals surface area contributed by atoms with Gasteiger partial charge >= 0.3 is 5.97 Å². The average molecular weight is 298 g/mol. The summed E-state index contributed by atoms with van der Waals surface area (Å²) in [4.78, 5) is 10.8. The smallest absolute Gasteiger partial charge is 0.335 e. The van der Waals surface area contributed by atoms with Crippen molar-refractivity contribution in [2.24, 2.45) is 5.92 Å². The molecule has 1 aromatic rings. The van der Waals surface area contributed by atoms with Crippen molar-refractivity contribution in [3.8, 4) is 0 Å². The van der Waals surface area contributed by atoms with Gasteiger partial charge in [-0.25, -0.2) is 4.79 Å². The highest BCUT2D eigenvalue weighted by Gasteiger charge is 2.24. The van der Waals surface area contributed by atoms with Gasteiger partial charge in [-0.2, -0.15) is 0 Å². The summed E-state index contributed by atoms with van der Waals surface area (Å²) in [5.41, 5.74) is 1.42. The van der Waals surface area contributed by atoms with E-state index in [4.69, 9.17) is 5.11 Å². The van der Waals surface area contributed by atoms with Gasteiger partial charge in [-0.1, -0.05) is 28.9 Å². The SMILES string of the molecule is CC1CC(NCc2ccc(C(=O)O)cc2Br)C1. The number of carboxylic acids is 1. The molecule has 0 heterocycles. The summed E-state index contributed by atoms with van der Waals surface area (Å²) in [5, 5.41) is 12.3. The van der Waals surface area contributed by atoms with Crippen molar-refractivity contribution in [2.45, 2.75) is 32.4 Å². The molecule has 17 heavy (non-hydrogen) atoms. The molecule has 0 bridgehead atoms. The van der Waals surface area contributed by atoms with Crippen molar-refractivity contribution in [2.75, 3.05) is 0 Å². The number of carbonyl (C=O) groups is 1. The number of benzene rings is 1. The van der Waals surface area contributed by atoms with Crippen LogP contribution in [0.3, 0.4) is 0 Å². The average Bonchev–Trinajstić information content (AvgIpc) is 2.24. The first kappa shape index (κ1) is 12.6. The third-order valence-corrected chi connectivity index (χ3v) is 3.99.